The van der Waals surface area contributed by atoms with Crippen LogP contribution in [0.25, 0.3) is 11.3 Å². The van der Waals surface area contributed by atoms with Crippen molar-refractivity contribution >= 4 is 23.4 Å². The van der Waals surface area contributed by atoms with Crippen LogP contribution in [0.1, 0.15) is 49.7 Å². The van der Waals surface area contributed by atoms with Crippen LogP contribution in [0.2, 0.25) is 0 Å². The van der Waals surface area contributed by atoms with E-state index in [2.05, 4.69) is 32.5 Å². The summed E-state index contributed by atoms with van der Waals surface area (Å²) in [6.07, 6.45) is 10.7. The number of hydrogen-bond donors (Lipinski definition) is 1. The highest BCUT2D eigenvalue weighted by molar-refractivity contribution is 5.97. The first-order chi connectivity index (χ1) is 16.1. The second-order valence-electron chi connectivity index (χ2n) is 8.88. The molecule has 3 aromatic rings. The number of nitrogens with zero attached hydrogens (tertiary/aromatic N) is 6. The lowest BCUT2D eigenvalue weighted by molar-refractivity contribution is -0.119. The van der Waals surface area contributed by atoms with Gasteiger partial charge in [-0.1, -0.05) is 19.3 Å². The molecule has 0 radical (unpaired) electrons. The van der Waals surface area contributed by atoms with Gasteiger partial charge in [0.25, 0.3) is 0 Å². The van der Waals surface area contributed by atoms with Crippen LogP contribution in [0.4, 0.5) is 17.5 Å². The Bertz CT molecular complexity index is 1220. The van der Waals surface area contributed by atoms with Crippen molar-refractivity contribution in [3.63, 3.8) is 0 Å². The number of anilines is 3. The van der Waals surface area contributed by atoms with Gasteiger partial charge in [-0.25, -0.2) is 9.97 Å². The molecule has 33 heavy (non-hydrogen) atoms. The maximum Gasteiger partial charge on any atom is 0.228 e. The smallest absolute Gasteiger partial charge is 0.228 e. The number of nitrogens with one attached hydrogen (secondary N) is 1. The van der Waals surface area contributed by atoms with Crippen molar-refractivity contribution in [1.82, 2.24) is 19.7 Å². The number of fused-ring (bicyclic) bond motifs is 1. The lowest BCUT2D eigenvalue weighted by atomic mass is 9.86. The number of aryl methyl sites for hydroxylation is 1. The summed E-state index contributed by atoms with van der Waals surface area (Å²) in [6, 6.07) is 9.89. The standard InChI is InChI=1S/C25H27N7O/c1-31-22(8-11-28-31)30-25-27-10-7-21(29-25)19-14-18-9-12-32(24(18)20(15-19)16-26)23(33)13-17-5-3-2-4-6-17/h7-8,10-11,14-15,17H,2-6,9,12-13H2,1H3,(H,27,29,30). The fourth-order valence-corrected chi connectivity index (χ4v) is 4.97. The first-order valence-corrected chi connectivity index (χ1v) is 11.6. The summed E-state index contributed by atoms with van der Waals surface area (Å²) in [5.74, 6) is 1.87. The SMILES string of the molecule is Cn1nccc1Nc1nccc(-c2cc(C#N)c3c(c2)CCN3C(=O)CC2CCCCC2)n1. The molecule has 8 nitrogen and oxygen atoms in total. The van der Waals surface area contributed by atoms with E-state index in [0.717, 1.165) is 47.6 Å². The van der Waals surface area contributed by atoms with E-state index in [4.69, 9.17) is 0 Å². The summed E-state index contributed by atoms with van der Waals surface area (Å²) in [6.45, 7) is 0.635. The number of carbonyl (C=O) groups is 1. The van der Waals surface area contributed by atoms with Crippen LogP contribution in [0.5, 0.6) is 0 Å². The van der Waals surface area contributed by atoms with E-state index in [1.54, 1.807) is 17.1 Å². The lowest BCUT2D eigenvalue weighted by Crippen LogP contribution is -2.31. The van der Waals surface area contributed by atoms with Crippen molar-refractivity contribution in [3.8, 4) is 17.3 Å². The van der Waals surface area contributed by atoms with Crippen LogP contribution >= 0.6 is 0 Å². The molecule has 2 aliphatic rings. The van der Waals surface area contributed by atoms with Gasteiger partial charge in [-0.2, -0.15) is 10.4 Å². The Morgan fingerprint density at radius 1 is 1.21 bits per heavy atom. The summed E-state index contributed by atoms with van der Waals surface area (Å²) in [7, 11) is 1.84. The van der Waals surface area contributed by atoms with Crippen molar-refractivity contribution < 1.29 is 4.79 Å². The molecule has 1 fully saturated rings. The Balaban J connectivity index is 1.41. The Morgan fingerprint density at radius 3 is 2.82 bits per heavy atom. The molecule has 0 unspecified atom stereocenters. The van der Waals surface area contributed by atoms with Crippen LogP contribution in [0.3, 0.4) is 0 Å². The molecule has 1 aromatic carbocycles. The number of nitriles is 1. The Labute approximate surface area is 193 Å². The molecule has 0 saturated heterocycles. The summed E-state index contributed by atoms with van der Waals surface area (Å²) in [5, 5.41) is 17.2. The first-order valence-electron chi connectivity index (χ1n) is 11.6. The van der Waals surface area contributed by atoms with Gasteiger partial charge < -0.3 is 10.2 Å². The van der Waals surface area contributed by atoms with Gasteiger partial charge in [0.15, 0.2) is 0 Å². The topological polar surface area (TPSA) is 99.7 Å². The van der Waals surface area contributed by atoms with E-state index in [9.17, 15) is 10.1 Å². The maximum absolute atomic E-state index is 13.1. The minimum Gasteiger partial charge on any atom is -0.310 e. The highest BCUT2D eigenvalue weighted by Crippen LogP contribution is 2.37. The van der Waals surface area contributed by atoms with Crippen molar-refractivity contribution in [3.05, 3.63) is 47.8 Å². The molecular formula is C25H27N7O. The molecule has 0 atom stereocenters. The molecular weight excluding hydrogens is 414 g/mol. The fourth-order valence-electron chi connectivity index (χ4n) is 4.97. The summed E-state index contributed by atoms with van der Waals surface area (Å²) in [4.78, 5) is 23.9. The number of rotatable bonds is 5. The highest BCUT2D eigenvalue weighted by Gasteiger charge is 2.30. The third-order valence-electron chi connectivity index (χ3n) is 6.69. The van der Waals surface area contributed by atoms with Crippen LogP contribution in [-0.2, 0) is 18.3 Å². The van der Waals surface area contributed by atoms with E-state index in [0.29, 0.717) is 30.4 Å². The number of amides is 1. The van der Waals surface area contributed by atoms with Gasteiger partial charge in [0.05, 0.1) is 23.1 Å². The molecule has 168 valence electrons. The van der Waals surface area contributed by atoms with Crippen LogP contribution in [0, 0.1) is 17.2 Å². The van der Waals surface area contributed by atoms with Crippen LogP contribution in [0.15, 0.2) is 36.7 Å². The molecule has 8 heteroatoms. The van der Waals surface area contributed by atoms with Crippen molar-refractivity contribution in [2.24, 2.45) is 13.0 Å². The zero-order valence-electron chi connectivity index (χ0n) is 18.8. The zero-order valence-corrected chi connectivity index (χ0v) is 18.8. The first kappa shape index (κ1) is 21.1. The summed E-state index contributed by atoms with van der Waals surface area (Å²) < 4.78 is 1.71. The van der Waals surface area contributed by atoms with Crippen molar-refractivity contribution in [2.45, 2.75) is 44.9 Å². The van der Waals surface area contributed by atoms with Gasteiger partial charge in [-0.15, -0.1) is 0 Å². The summed E-state index contributed by atoms with van der Waals surface area (Å²) in [5.41, 5.74) is 3.91. The van der Waals surface area contributed by atoms with Gasteiger partial charge in [0.2, 0.25) is 11.9 Å². The Morgan fingerprint density at radius 2 is 2.06 bits per heavy atom. The third kappa shape index (κ3) is 4.31. The molecule has 5 rings (SSSR count). The Hall–Kier alpha value is -3.73. The van der Waals surface area contributed by atoms with E-state index < -0.39 is 0 Å². The Kier molecular flexibility index (Phi) is 5.78. The number of aromatic nitrogens is 4. The fraction of sp³-hybridized carbons (Fsp3) is 0.400. The van der Waals surface area contributed by atoms with Crippen molar-refractivity contribution in [1.29, 1.82) is 5.26 Å². The van der Waals surface area contributed by atoms with E-state index in [1.807, 2.05) is 30.1 Å². The van der Waals surface area contributed by atoms with E-state index in [-0.39, 0.29) is 5.91 Å². The average Bonchev–Trinajstić information content (AvgIpc) is 3.45. The third-order valence-corrected chi connectivity index (χ3v) is 6.69. The second-order valence-corrected chi connectivity index (χ2v) is 8.88. The van der Waals surface area contributed by atoms with Crippen LogP contribution in [-0.4, -0.2) is 32.2 Å². The molecule has 0 bridgehead atoms. The molecule has 1 aliphatic heterocycles. The van der Waals surface area contributed by atoms with Gasteiger partial charge in [-0.05, 0) is 48.9 Å². The molecule has 3 heterocycles. The van der Waals surface area contributed by atoms with Gasteiger partial charge >= 0.3 is 0 Å². The maximum atomic E-state index is 13.1. The predicted octanol–water partition coefficient (Wildman–Crippen LogP) is 4.35. The monoisotopic (exact) mass is 441 g/mol. The van der Waals surface area contributed by atoms with Gasteiger partial charge in [0.1, 0.15) is 11.9 Å². The molecule has 1 N–H and O–H groups in total. The second kappa shape index (κ2) is 9.02. The van der Waals surface area contributed by atoms with Gasteiger partial charge in [-0.3, -0.25) is 9.48 Å². The number of benzene rings is 1. The minimum absolute atomic E-state index is 0.148. The molecule has 0 spiro atoms. The highest BCUT2D eigenvalue weighted by atomic mass is 16.2. The number of carbonyl (C=O) groups excluding carboxylic acids is 1. The predicted molar refractivity (Wildman–Crippen MR) is 126 cm³/mol. The largest absolute Gasteiger partial charge is 0.310 e. The molecule has 1 saturated carbocycles. The quantitative estimate of drug-likeness (QED) is 0.632. The van der Waals surface area contributed by atoms with E-state index >= 15 is 0 Å². The summed E-state index contributed by atoms with van der Waals surface area (Å²) >= 11 is 0. The number of hydrogen-bond acceptors (Lipinski definition) is 6. The normalized spacial score (nSPS) is 15.8. The molecule has 1 amide bonds. The molecule has 2 aromatic heterocycles. The van der Waals surface area contributed by atoms with Gasteiger partial charge in [0, 0.05) is 37.8 Å². The van der Waals surface area contributed by atoms with Crippen molar-refractivity contribution in [2.75, 3.05) is 16.8 Å². The lowest BCUT2D eigenvalue weighted by Gasteiger charge is -2.25. The zero-order chi connectivity index (χ0) is 22.8. The minimum atomic E-state index is 0.148. The van der Waals surface area contributed by atoms with E-state index in [1.165, 1.54) is 19.3 Å². The average molecular weight is 442 g/mol. The molecule has 1 aliphatic carbocycles. The van der Waals surface area contributed by atoms with Crippen LogP contribution < -0.4 is 10.2 Å².